The van der Waals surface area contributed by atoms with E-state index in [9.17, 15) is 19.1 Å². The van der Waals surface area contributed by atoms with Crippen LogP contribution in [-0.2, 0) is 14.3 Å². The molecule has 1 fully saturated rings. The minimum atomic E-state index is -2.06. The molecule has 23 heavy (non-hydrogen) atoms. The third kappa shape index (κ3) is 3.99. The highest BCUT2D eigenvalue weighted by atomic mass is 35.5. The second-order valence-electron chi connectivity index (χ2n) is 5.66. The van der Waals surface area contributed by atoms with Gasteiger partial charge in [0.2, 0.25) is 5.91 Å². The molecule has 1 aliphatic heterocycles. The van der Waals surface area contributed by atoms with Gasteiger partial charge < -0.3 is 20.3 Å². The van der Waals surface area contributed by atoms with Crippen LogP contribution in [-0.4, -0.2) is 40.8 Å². The predicted octanol–water partition coefficient (Wildman–Crippen LogP) is 1.51. The Morgan fingerprint density at radius 1 is 1.52 bits per heavy atom. The van der Waals surface area contributed by atoms with Gasteiger partial charge in [0.1, 0.15) is 5.82 Å². The monoisotopic (exact) mass is 345 g/mol. The van der Waals surface area contributed by atoms with E-state index >= 15 is 0 Å². The predicted molar refractivity (Wildman–Crippen MR) is 79.5 cm³/mol. The van der Waals surface area contributed by atoms with E-state index in [1.807, 2.05) is 0 Å². The van der Waals surface area contributed by atoms with Crippen LogP contribution in [0.4, 0.5) is 4.39 Å². The molecule has 1 amide bonds. The molecular weight excluding hydrogens is 329 g/mol. The van der Waals surface area contributed by atoms with Crippen molar-refractivity contribution in [2.75, 3.05) is 13.2 Å². The molecule has 0 saturated carbocycles. The van der Waals surface area contributed by atoms with Crippen molar-refractivity contribution in [1.29, 1.82) is 0 Å². The minimum Gasteiger partial charge on any atom is -0.479 e. The van der Waals surface area contributed by atoms with Gasteiger partial charge in [-0.15, -0.1) is 0 Å². The van der Waals surface area contributed by atoms with Gasteiger partial charge in [0.05, 0.1) is 23.6 Å². The summed E-state index contributed by atoms with van der Waals surface area (Å²) in [6.07, 6.45) is -0.229. The van der Waals surface area contributed by atoms with Crippen LogP contribution in [0.3, 0.4) is 0 Å². The fraction of sp³-hybridized carbons (Fsp3) is 0.467. The Bertz CT molecular complexity index is 622. The van der Waals surface area contributed by atoms with Crippen molar-refractivity contribution < 1.29 is 28.9 Å². The number of rotatable bonds is 5. The molecule has 1 unspecified atom stereocenters. The van der Waals surface area contributed by atoms with E-state index in [1.165, 1.54) is 12.1 Å². The number of amides is 1. The SMILES string of the molecule is CC(O)(CNC(=O)[C@@H]1CCO[C@H]1c1ccc(Cl)c(F)c1)C(=O)O. The maximum absolute atomic E-state index is 13.6. The summed E-state index contributed by atoms with van der Waals surface area (Å²) in [6, 6.07) is 4.18. The summed E-state index contributed by atoms with van der Waals surface area (Å²) in [5.41, 5.74) is -1.58. The number of benzene rings is 1. The Labute approximate surface area is 137 Å². The van der Waals surface area contributed by atoms with E-state index in [4.69, 9.17) is 21.4 Å². The van der Waals surface area contributed by atoms with Gasteiger partial charge in [0.15, 0.2) is 5.60 Å². The summed E-state index contributed by atoms with van der Waals surface area (Å²) in [6.45, 7) is 0.981. The number of carbonyl (C=O) groups is 2. The van der Waals surface area contributed by atoms with Gasteiger partial charge in [-0.3, -0.25) is 4.79 Å². The van der Waals surface area contributed by atoms with Crippen molar-refractivity contribution >= 4 is 23.5 Å². The summed E-state index contributed by atoms with van der Waals surface area (Å²) >= 11 is 5.64. The van der Waals surface area contributed by atoms with Crippen molar-refractivity contribution in [2.45, 2.75) is 25.0 Å². The zero-order chi connectivity index (χ0) is 17.2. The first-order valence-electron chi connectivity index (χ1n) is 7.02. The molecule has 1 aromatic rings. The zero-order valence-corrected chi connectivity index (χ0v) is 13.1. The second kappa shape index (κ2) is 6.82. The van der Waals surface area contributed by atoms with Crippen LogP contribution in [0.15, 0.2) is 18.2 Å². The Balaban J connectivity index is 2.07. The molecule has 3 N–H and O–H groups in total. The van der Waals surface area contributed by atoms with E-state index in [0.717, 1.165) is 6.92 Å². The number of halogens is 2. The van der Waals surface area contributed by atoms with E-state index in [1.54, 1.807) is 6.07 Å². The lowest BCUT2D eigenvalue weighted by molar-refractivity contribution is -0.156. The maximum Gasteiger partial charge on any atom is 0.337 e. The van der Waals surface area contributed by atoms with E-state index in [0.29, 0.717) is 18.6 Å². The standard InChI is InChI=1S/C15H17ClFNO5/c1-15(22,14(20)21)7-18-13(19)9-4-5-23-12(9)8-2-3-10(16)11(17)6-8/h2-3,6,9,12,22H,4-5,7H2,1H3,(H,18,19)(H,20,21)/t9-,12+,15?/m1/s1. The Morgan fingerprint density at radius 2 is 2.22 bits per heavy atom. The summed E-state index contributed by atoms with van der Waals surface area (Å²) in [4.78, 5) is 23.1. The van der Waals surface area contributed by atoms with Crippen LogP contribution in [0.25, 0.3) is 0 Å². The van der Waals surface area contributed by atoms with E-state index < -0.39 is 41.9 Å². The van der Waals surface area contributed by atoms with Crippen molar-refractivity contribution in [3.8, 4) is 0 Å². The molecular formula is C15H17ClFNO5. The lowest BCUT2D eigenvalue weighted by Gasteiger charge is -2.22. The van der Waals surface area contributed by atoms with Gasteiger partial charge in [0.25, 0.3) is 0 Å². The van der Waals surface area contributed by atoms with Gasteiger partial charge in [-0.1, -0.05) is 17.7 Å². The van der Waals surface area contributed by atoms with Crippen molar-refractivity contribution in [3.63, 3.8) is 0 Å². The molecule has 126 valence electrons. The third-order valence-electron chi connectivity index (χ3n) is 3.77. The highest BCUT2D eigenvalue weighted by Crippen LogP contribution is 2.35. The first-order valence-corrected chi connectivity index (χ1v) is 7.40. The number of carboxylic acids is 1. The molecule has 0 aliphatic carbocycles. The van der Waals surface area contributed by atoms with Crippen LogP contribution < -0.4 is 5.32 Å². The summed E-state index contributed by atoms with van der Waals surface area (Å²) < 4.78 is 19.1. The number of hydrogen-bond donors (Lipinski definition) is 3. The molecule has 0 radical (unpaired) electrons. The summed E-state index contributed by atoms with van der Waals surface area (Å²) in [7, 11) is 0. The van der Waals surface area contributed by atoms with Gasteiger partial charge in [-0.05, 0) is 31.0 Å². The summed E-state index contributed by atoms with van der Waals surface area (Å²) in [5, 5.41) is 20.8. The van der Waals surface area contributed by atoms with Crippen LogP contribution in [0, 0.1) is 11.7 Å². The molecule has 0 aromatic heterocycles. The first kappa shape index (κ1) is 17.7. The van der Waals surface area contributed by atoms with Gasteiger partial charge in [-0.25, -0.2) is 9.18 Å². The van der Waals surface area contributed by atoms with Gasteiger partial charge in [0, 0.05) is 6.61 Å². The van der Waals surface area contributed by atoms with Crippen LogP contribution in [0.5, 0.6) is 0 Å². The van der Waals surface area contributed by atoms with Crippen LogP contribution in [0.2, 0.25) is 5.02 Å². The van der Waals surface area contributed by atoms with E-state index in [-0.39, 0.29) is 5.02 Å². The fourth-order valence-electron chi connectivity index (χ4n) is 2.34. The normalized spacial score (nSPS) is 23.3. The highest BCUT2D eigenvalue weighted by molar-refractivity contribution is 6.30. The van der Waals surface area contributed by atoms with Crippen LogP contribution in [0.1, 0.15) is 25.0 Å². The molecule has 2 rings (SSSR count). The first-order chi connectivity index (χ1) is 10.7. The average molecular weight is 346 g/mol. The quantitative estimate of drug-likeness (QED) is 0.751. The lowest BCUT2D eigenvalue weighted by atomic mass is 9.94. The summed E-state index contributed by atoms with van der Waals surface area (Å²) in [5.74, 6) is -3.09. The Kier molecular flexibility index (Phi) is 5.23. The van der Waals surface area contributed by atoms with Crippen LogP contribution >= 0.6 is 11.6 Å². The Morgan fingerprint density at radius 3 is 2.83 bits per heavy atom. The number of hydrogen-bond acceptors (Lipinski definition) is 4. The number of carbonyl (C=O) groups excluding carboxylic acids is 1. The molecule has 1 saturated heterocycles. The third-order valence-corrected chi connectivity index (χ3v) is 4.07. The lowest BCUT2D eigenvalue weighted by Crippen LogP contribution is -2.48. The molecule has 0 spiro atoms. The zero-order valence-electron chi connectivity index (χ0n) is 12.4. The van der Waals surface area contributed by atoms with Gasteiger partial charge in [-0.2, -0.15) is 0 Å². The van der Waals surface area contributed by atoms with E-state index in [2.05, 4.69) is 5.32 Å². The number of nitrogens with one attached hydrogen (secondary N) is 1. The smallest absolute Gasteiger partial charge is 0.337 e. The molecule has 1 aliphatic rings. The topological polar surface area (TPSA) is 95.9 Å². The largest absolute Gasteiger partial charge is 0.479 e. The minimum absolute atomic E-state index is 0.0229. The fourth-order valence-corrected chi connectivity index (χ4v) is 2.46. The molecule has 6 nitrogen and oxygen atoms in total. The molecule has 8 heteroatoms. The number of ether oxygens (including phenoxy) is 1. The number of aliphatic hydroxyl groups is 1. The van der Waals surface area contributed by atoms with Gasteiger partial charge >= 0.3 is 5.97 Å². The highest BCUT2D eigenvalue weighted by Gasteiger charge is 2.37. The van der Waals surface area contributed by atoms with Crippen molar-refractivity contribution in [2.24, 2.45) is 5.92 Å². The molecule has 1 aromatic carbocycles. The Hall–Kier alpha value is -1.70. The number of aliphatic carboxylic acids is 1. The van der Waals surface area contributed by atoms with Crippen molar-refractivity contribution in [3.05, 3.63) is 34.6 Å². The number of carboxylic acid groups (broad SMARTS) is 1. The molecule has 0 bridgehead atoms. The maximum atomic E-state index is 13.6. The molecule has 3 atom stereocenters. The average Bonchev–Trinajstić information content (AvgIpc) is 2.97. The second-order valence-corrected chi connectivity index (χ2v) is 6.06. The van der Waals surface area contributed by atoms with Crippen molar-refractivity contribution in [1.82, 2.24) is 5.32 Å². The molecule has 1 heterocycles.